The highest BCUT2D eigenvalue weighted by molar-refractivity contribution is 5.47. The topological polar surface area (TPSA) is 71.4 Å². The third kappa shape index (κ3) is 3.13. The molecule has 150 valence electrons. The molecule has 2 fully saturated rings. The van der Waals surface area contributed by atoms with Gasteiger partial charge in [-0.05, 0) is 31.7 Å². The first-order chi connectivity index (χ1) is 13.1. The number of hydrogen-bond donors (Lipinski definition) is 1. The second kappa shape index (κ2) is 6.41. The SMILES string of the molecule is COc1ccncc1C(C)(O)C1CC2(C1)CN(c1cnc(C(C)(C)C)nc1)C2. The third-order valence-corrected chi connectivity index (χ3v) is 6.43. The molecule has 3 heterocycles. The number of pyridine rings is 1. The maximum atomic E-state index is 11.2. The van der Waals surface area contributed by atoms with Gasteiger partial charge in [0.05, 0.1) is 30.8 Å². The van der Waals surface area contributed by atoms with E-state index in [1.165, 1.54) is 0 Å². The Balaban J connectivity index is 1.39. The van der Waals surface area contributed by atoms with E-state index in [0.717, 1.165) is 43.0 Å². The summed E-state index contributed by atoms with van der Waals surface area (Å²) in [6.45, 7) is 10.3. The van der Waals surface area contributed by atoms with Crippen LogP contribution < -0.4 is 9.64 Å². The molecule has 6 nitrogen and oxygen atoms in total. The maximum Gasteiger partial charge on any atom is 0.133 e. The lowest BCUT2D eigenvalue weighted by molar-refractivity contribution is -0.112. The number of aromatic nitrogens is 3. The van der Waals surface area contributed by atoms with Gasteiger partial charge in [0.15, 0.2) is 0 Å². The largest absolute Gasteiger partial charge is 0.496 e. The van der Waals surface area contributed by atoms with E-state index in [9.17, 15) is 5.11 Å². The number of aliphatic hydroxyl groups is 1. The van der Waals surface area contributed by atoms with Crippen LogP contribution >= 0.6 is 0 Å². The molecule has 4 rings (SSSR count). The van der Waals surface area contributed by atoms with E-state index >= 15 is 0 Å². The second-order valence-electron chi connectivity index (χ2n) is 9.70. The van der Waals surface area contributed by atoms with Crippen molar-refractivity contribution in [3.63, 3.8) is 0 Å². The van der Waals surface area contributed by atoms with Gasteiger partial charge in [0.25, 0.3) is 0 Å². The molecule has 1 unspecified atom stereocenters. The van der Waals surface area contributed by atoms with Crippen molar-refractivity contribution in [2.75, 3.05) is 25.1 Å². The van der Waals surface area contributed by atoms with Crippen LogP contribution in [0.1, 0.15) is 51.9 Å². The average Bonchev–Trinajstić information content (AvgIpc) is 2.59. The summed E-state index contributed by atoms with van der Waals surface area (Å²) in [6.07, 6.45) is 9.31. The second-order valence-corrected chi connectivity index (χ2v) is 9.70. The molecule has 28 heavy (non-hydrogen) atoms. The van der Waals surface area contributed by atoms with Crippen LogP contribution in [0.4, 0.5) is 5.69 Å². The van der Waals surface area contributed by atoms with Gasteiger partial charge >= 0.3 is 0 Å². The third-order valence-electron chi connectivity index (χ3n) is 6.43. The van der Waals surface area contributed by atoms with Crippen molar-refractivity contribution >= 4 is 5.69 Å². The highest BCUT2D eigenvalue weighted by Gasteiger charge is 2.57. The van der Waals surface area contributed by atoms with Crippen LogP contribution in [0.5, 0.6) is 5.75 Å². The predicted octanol–water partition coefficient (Wildman–Crippen LogP) is 3.30. The fourth-order valence-corrected chi connectivity index (χ4v) is 4.62. The number of rotatable bonds is 4. The molecule has 6 heteroatoms. The van der Waals surface area contributed by atoms with Crippen LogP contribution in [0.3, 0.4) is 0 Å². The van der Waals surface area contributed by atoms with Crippen molar-refractivity contribution in [2.24, 2.45) is 11.3 Å². The zero-order chi connectivity index (χ0) is 20.2. The van der Waals surface area contributed by atoms with Gasteiger partial charge in [-0.1, -0.05) is 20.8 Å². The quantitative estimate of drug-likeness (QED) is 0.875. The van der Waals surface area contributed by atoms with Crippen molar-refractivity contribution in [3.05, 3.63) is 42.2 Å². The minimum atomic E-state index is -0.928. The van der Waals surface area contributed by atoms with Gasteiger partial charge < -0.3 is 14.7 Å². The molecule has 2 aromatic rings. The lowest BCUT2D eigenvalue weighted by Gasteiger charge is -2.62. The van der Waals surface area contributed by atoms with Gasteiger partial charge in [-0.25, -0.2) is 9.97 Å². The molecule has 1 N–H and O–H groups in total. The first kappa shape index (κ1) is 19.1. The molecule has 0 radical (unpaired) electrons. The van der Waals surface area contributed by atoms with Crippen LogP contribution in [0, 0.1) is 11.3 Å². The molecule has 0 amide bonds. The Labute approximate surface area is 167 Å². The Morgan fingerprint density at radius 1 is 1.11 bits per heavy atom. The zero-order valence-electron chi connectivity index (χ0n) is 17.4. The molecule has 0 bridgehead atoms. The Kier molecular flexibility index (Phi) is 4.38. The van der Waals surface area contributed by atoms with E-state index in [1.807, 2.05) is 25.4 Å². The summed E-state index contributed by atoms with van der Waals surface area (Å²) in [5.41, 5.74) is 1.20. The molecule has 1 saturated carbocycles. The van der Waals surface area contributed by atoms with E-state index in [4.69, 9.17) is 4.74 Å². The van der Waals surface area contributed by atoms with Gasteiger partial charge in [0, 0.05) is 41.9 Å². The van der Waals surface area contributed by atoms with Gasteiger partial charge in [-0.15, -0.1) is 0 Å². The van der Waals surface area contributed by atoms with Gasteiger partial charge in [0.2, 0.25) is 0 Å². The molecule has 2 aliphatic rings. The van der Waals surface area contributed by atoms with E-state index in [0.29, 0.717) is 11.2 Å². The molecule has 1 saturated heterocycles. The van der Waals surface area contributed by atoms with Crippen molar-refractivity contribution in [3.8, 4) is 5.75 Å². The smallest absolute Gasteiger partial charge is 0.133 e. The number of hydrogen-bond acceptors (Lipinski definition) is 6. The van der Waals surface area contributed by atoms with Crippen LogP contribution in [0.15, 0.2) is 30.9 Å². The summed E-state index contributed by atoms with van der Waals surface area (Å²) in [7, 11) is 1.63. The highest BCUT2D eigenvalue weighted by Crippen LogP contribution is 2.58. The summed E-state index contributed by atoms with van der Waals surface area (Å²) >= 11 is 0. The number of methoxy groups -OCH3 is 1. The van der Waals surface area contributed by atoms with E-state index in [-0.39, 0.29) is 11.3 Å². The molecule has 2 aromatic heterocycles. The van der Waals surface area contributed by atoms with Gasteiger partial charge in [-0.3, -0.25) is 4.98 Å². The Bertz CT molecular complexity index is 844. The highest BCUT2D eigenvalue weighted by atomic mass is 16.5. The lowest BCUT2D eigenvalue weighted by atomic mass is 9.53. The molecular weight excluding hydrogens is 352 g/mol. The summed E-state index contributed by atoms with van der Waals surface area (Å²) in [6, 6.07) is 1.81. The van der Waals surface area contributed by atoms with E-state index in [2.05, 4.69) is 40.6 Å². The van der Waals surface area contributed by atoms with Gasteiger partial charge in [0.1, 0.15) is 11.6 Å². The van der Waals surface area contributed by atoms with E-state index < -0.39 is 5.60 Å². The molecule has 1 aliphatic heterocycles. The summed E-state index contributed by atoms with van der Waals surface area (Å²) < 4.78 is 5.43. The van der Waals surface area contributed by atoms with Gasteiger partial charge in [-0.2, -0.15) is 0 Å². The van der Waals surface area contributed by atoms with Crippen molar-refractivity contribution in [1.82, 2.24) is 15.0 Å². The summed E-state index contributed by atoms with van der Waals surface area (Å²) in [5.74, 6) is 1.79. The number of anilines is 1. The monoisotopic (exact) mass is 382 g/mol. The maximum absolute atomic E-state index is 11.2. The predicted molar refractivity (Wildman–Crippen MR) is 108 cm³/mol. The zero-order valence-corrected chi connectivity index (χ0v) is 17.4. The minimum Gasteiger partial charge on any atom is -0.496 e. The van der Waals surface area contributed by atoms with Crippen molar-refractivity contribution < 1.29 is 9.84 Å². The molecule has 1 aliphatic carbocycles. The van der Waals surface area contributed by atoms with Crippen LogP contribution in [0.25, 0.3) is 0 Å². The van der Waals surface area contributed by atoms with Crippen molar-refractivity contribution in [2.45, 2.75) is 51.6 Å². The van der Waals surface area contributed by atoms with Crippen molar-refractivity contribution in [1.29, 1.82) is 0 Å². The average molecular weight is 383 g/mol. The Hall–Kier alpha value is -2.21. The van der Waals surface area contributed by atoms with Crippen LogP contribution in [0.2, 0.25) is 0 Å². The number of nitrogens with zero attached hydrogens (tertiary/aromatic N) is 4. The lowest BCUT2D eigenvalue weighted by Crippen LogP contribution is -2.65. The number of ether oxygens (including phenoxy) is 1. The fraction of sp³-hybridized carbons (Fsp3) is 0.591. The summed E-state index contributed by atoms with van der Waals surface area (Å²) in [4.78, 5) is 15.6. The van der Waals surface area contributed by atoms with E-state index in [1.54, 1.807) is 19.5 Å². The molecule has 1 atom stereocenters. The normalized spacial score (nSPS) is 21.0. The minimum absolute atomic E-state index is 0.0329. The first-order valence-corrected chi connectivity index (χ1v) is 9.93. The fourth-order valence-electron chi connectivity index (χ4n) is 4.62. The molecule has 0 aromatic carbocycles. The molecular formula is C22H30N4O2. The molecule has 1 spiro atoms. The summed E-state index contributed by atoms with van der Waals surface area (Å²) in [5, 5.41) is 11.2. The van der Waals surface area contributed by atoms with Crippen LogP contribution in [-0.2, 0) is 11.0 Å². The Morgan fingerprint density at radius 3 is 2.32 bits per heavy atom. The standard InChI is InChI=1S/C22H30N4O2/c1-20(2,3)19-24-10-16(11-25-19)26-13-22(14-26)8-15(9-22)21(4,27)17-12-23-7-6-18(17)28-5/h6-7,10-12,15,27H,8-9,13-14H2,1-5H3. The first-order valence-electron chi connectivity index (χ1n) is 9.93. The Morgan fingerprint density at radius 2 is 1.75 bits per heavy atom. The van der Waals surface area contributed by atoms with Crippen LogP contribution in [-0.4, -0.2) is 40.3 Å².